The average Bonchev–Trinajstić information content (AvgIpc) is 2.47. The zero-order valence-corrected chi connectivity index (χ0v) is 12.3. The molecule has 0 aliphatic heterocycles. The van der Waals surface area contributed by atoms with Crippen LogP contribution in [0.3, 0.4) is 0 Å². The van der Waals surface area contributed by atoms with E-state index < -0.39 is 0 Å². The summed E-state index contributed by atoms with van der Waals surface area (Å²) in [4.78, 5) is 12.3. The highest BCUT2D eigenvalue weighted by molar-refractivity contribution is 5.98. The molecule has 0 radical (unpaired) electrons. The van der Waals surface area contributed by atoms with Crippen molar-refractivity contribution in [2.45, 2.75) is 45.1 Å². The predicted molar refractivity (Wildman–Crippen MR) is 82.6 cm³/mol. The van der Waals surface area contributed by atoms with Crippen molar-refractivity contribution in [3.63, 3.8) is 0 Å². The Kier molecular flexibility index (Phi) is 3.82. The van der Waals surface area contributed by atoms with Crippen LogP contribution in [0.1, 0.15) is 48.0 Å². The molecule has 2 aromatic rings. The summed E-state index contributed by atoms with van der Waals surface area (Å²) >= 11 is 0. The maximum absolute atomic E-state index is 12.3. The lowest BCUT2D eigenvalue weighted by Gasteiger charge is -2.21. The van der Waals surface area contributed by atoms with Crippen molar-refractivity contribution in [2.24, 2.45) is 0 Å². The van der Waals surface area contributed by atoms with E-state index in [1.54, 1.807) is 6.07 Å². The molecule has 3 heteroatoms. The Morgan fingerprint density at radius 3 is 2.67 bits per heavy atom. The Hall–Kier alpha value is -2.03. The minimum atomic E-state index is -0.333. The van der Waals surface area contributed by atoms with E-state index in [4.69, 9.17) is 4.74 Å². The first-order valence-corrected chi connectivity index (χ1v) is 7.58. The van der Waals surface area contributed by atoms with E-state index in [0.29, 0.717) is 5.56 Å². The normalized spacial score (nSPS) is 16.0. The number of carbonyl (C=O) groups excluding carboxylic acids is 1. The molecule has 0 heterocycles. The molecule has 0 bridgehead atoms. The van der Waals surface area contributed by atoms with Crippen LogP contribution in [0, 0.1) is 6.92 Å². The maximum atomic E-state index is 12.3. The lowest BCUT2D eigenvalue weighted by atomic mass is 9.97. The number of aromatic hydroxyl groups is 1. The first-order valence-electron chi connectivity index (χ1n) is 7.58. The minimum Gasteiger partial charge on any atom is -0.507 e. The second kappa shape index (κ2) is 5.76. The number of carbonyl (C=O) groups is 1. The highest BCUT2D eigenvalue weighted by Crippen LogP contribution is 2.28. The Bertz CT molecular complexity index is 669. The van der Waals surface area contributed by atoms with Crippen LogP contribution in [-0.2, 0) is 4.74 Å². The van der Waals surface area contributed by atoms with Gasteiger partial charge in [-0.15, -0.1) is 0 Å². The van der Waals surface area contributed by atoms with Gasteiger partial charge in [0.05, 0.1) is 5.56 Å². The van der Waals surface area contributed by atoms with E-state index >= 15 is 0 Å². The molecule has 0 atom stereocenters. The second-order valence-electron chi connectivity index (χ2n) is 5.89. The molecule has 2 aromatic carbocycles. The van der Waals surface area contributed by atoms with Crippen molar-refractivity contribution in [1.29, 1.82) is 0 Å². The number of hydrogen-bond donors (Lipinski definition) is 1. The fraction of sp³-hybridized carbons (Fsp3) is 0.389. The first kappa shape index (κ1) is 13.9. The van der Waals surface area contributed by atoms with Gasteiger partial charge in [0.1, 0.15) is 11.9 Å². The summed E-state index contributed by atoms with van der Waals surface area (Å²) in [5.41, 5.74) is 1.52. The molecule has 0 aromatic heterocycles. The lowest BCUT2D eigenvalue weighted by Crippen LogP contribution is -2.20. The maximum Gasteiger partial charge on any atom is 0.338 e. The summed E-state index contributed by atoms with van der Waals surface area (Å²) in [6.07, 6.45) is 5.40. The largest absolute Gasteiger partial charge is 0.507 e. The molecule has 0 amide bonds. The standard InChI is InChI=1S/C18H20O3/c1-12-7-8-16-13(9-12)10-14(11-17(16)19)18(20)21-15-5-3-2-4-6-15/h7-11,15,19H,2-6H2,1H3. The van der Waals surface area contributed by atoms with Crippen molar-refractivity contribution >= 4 is 16.7 Å². The van der Waals surface area contributed by atoms with Crippen LogP contribution in [0.2, 0.25) is 0 Å². The van der Waals surface area contributed by atoms with Gasteiger partial charge in [-0.3, -0.25) is 0 Å². The molecule has 1 N–H and O–H groups in total. The number of phenols is 1. The number of hydrogen-bond acceptors (Lipinski definition) is 3. The van der Waals surface area contributed by atoms with E-state index in [2.05, 4.69) is 0 Å². The molecule has 0 saturated heterocycles. The van der Waals surface area contributed by atoms with Crippen LogP contribution >= 0.6 is 0 Å². The van der Waals surface area contributed by atoms with E-state index in [-0.39, 0.29) is 17.8 Å². The van der Waals surface area contributed by atoms with Crippen molar-refractivity contribution < 1.29 is 14.6 Å². The van der Waals surface area contributed by atoms with Gasteiger partial charge in [0, 0.05) is 5.39 Å². The third-order valence-electron chi connectivity index (χ3n) is 4.15. The zero-order chi connectivity index (χ0) is 14.8. The molecule has 1 fully saturated rings. The molecule has 21 heavy (non-hydrogen) atoms. The van der Waals surface area contributed by atoms with Gasteiger partial charge in [0.2, 0.25) is 0 Å². The van der Waals surface area contributed by atoms with Crippen LogP contribution in [0.4, 0.5) is 0 Å². The molecule has 3 nitrogen and oxygen atoms in total. The summed E-state index contributed by atoms with van der Waals surface area (Å²) in [7, 11) is 0. The van der Waals surface area contributed by atoms with Gasteiger partial charge in [-0.05, 0) is 50.1 Å². The van der Waals surface area contributed by atoms with E-state index in [9.17, 15) is 9.90 Å². The molecule has 0 spiro atoms. The Balaban J connectivity index is 1.87. The fourth-order valence-corrected chi connectivity index (χ4v) is 2.99. The van der Waals surface area contributed by atoms with E-state index in [0.717, 1.165) is 42.0 Å². The highest BCUT2D eigenvalue weighted by Gasteiger charge is 2.19. The number of fused-ring (bicyclic) bond motifs is 1. The number of phenolic OH excluding ortho intramolecular Hbond substituents is 1. The van der Waals surface area contributed by atoms with Gasteiger partial charge in [-0.1, -0.05) is 30.2 Å². The lowest BCUT2D eigenvalue weighted by molar-refractivity contribution is 0.0211. The molecule has 110 valence electrons. The molecule has 1 aliphatic rings. The van der Waals surface area contributed by atoms with Crippen LogP contribution in [0.15, 0.2) is 30.3 Å². The van der Waals surface area contributed by atoms with Gasteiger partial charge in [0.15, 0.2) is 0 Å². The summed E-state index contributed by atoms with van der Waals surface area (Å²) in [6, 6.07) is 9.08. The number of benzene rings is 2. The number of esters is 1. The molecule has 1 saturated carbocycles. The second-order valence-corrected chi connectivity index (χ2v) is 5.89. The van der Waals surface area contributed by atoms with Crippen LogP contribution in [-0.4, -0.2) is 17.2 Å². The third kappa shape index (κ3) is 3.02. The Morgan fingerprint density at radius 2 is 1.90 bits per heavy atom. The molecule has 3 rings (SSSR count). The minimum absolute atomic E-state index is 0.0293. The highest BCUT2D eigenvalue weighted by atomic mass is 16.5. The summed E-state index contributed by atoms with van der Waals surface area (Å²) < 4.78 is 5.56. The van der Waals surface area contributed by atoms with Crippen molar-refractivity contribution in [2.75, 3.05) is 0 Å². The van der Waals surface area contributed by atoms with Crippen molar-refractivity contribution in [3.05, 3.63) is 41.5 Å². The molecule has 1 aliphatic carbocycles. The molecular formula is C18H20O3. The predicted octanol–water partition coefficient (Wildman–Crippen LogP) is 4.34. The van der Waals surface area contributed by atoms with Gasteiger partial charge in [-0.2, -0.15) is 0 Å². The van der Waals surface area contributed by atoms with Gasteiger partial charge >= 0.3 is 5.97 Å². The molecule has 0 unspecified atom stereocenters. The summed E-state index contributed by atoms with van der Waals surface area (Å²) in [5.74, 6) is -0.205. The van der Waals surface area contributed by atoms with E-state index in [1.807, 2.05) is 25.1 Å². The van der Waals surface area contributed by atoms with Crippen molar-refractivity contribution in [3.8, 4) is 5.75 Å². The number of aryl methyl sites for hydroxylation is 1. The summed E-state index contributed by atoms with van der Waals surface area (Å²) in [6.45, 7) is 1.99. The zero-order valence-electron chi connectivity index (χ0n) is 12.3. The first-order chi connectivity index (χ1) is 10.1. The van der Waals surface area contributed by atoms with Crippen LogP contribution in [0.25, 0.3) is 10.8 Å². The average molecular weight is 284 g/mol. The third-order valence-corrected chi connectivity index (χ3v) is 4.15. The Morgan fingerprint density at radius 1 is 1.14 bits per heavy atom. The molecular weight excluding hydrogens is 264 g/mol. The smallest absolute Gasteiger partial charge is 0.338 e. The SMILES string of the molecule is Cc1ccc2c(O)cc(C(=O)OC3CCCCC3)cc2c1. The van der Waals surface area contributed by atoms with Crippen molar-refractivity contribution in [1.82, 2.24) is 0 Å². The monoisotopic (exact) mass is 284 g/mol. The van der Waals surface area contributed by atoms with Gasteiger partial charge in [-0.25, -0.2) is 4.79 Å². The fourth-order valence-electron chi connectivity index (χ4n) is 2.99. The van der Waals surface area contributed by atoms with Gasteiger partial charge < -0.3 is 9.84 Å². The quantitative estimate of drug-likeness (QED) is 0.834. The topological polar surface area (TPSA) is 46.5 Å². The van der Waals surface area contributed by atoms with Crippen LogP contribution < -0.4 is 0 Å². The van der Waals surface area contributed by atoms with Gasteiger partial charge in [0.25, 0.3) is 0 Å². The number of ether oxygens (including phenoxy) is 1. The van der Waals surface area contributed by atoms with Crippen LogP contribution in [0.5, 0.6) is 5.75 Å². The van der Waals surface area contributed by atoms with E-state index in [1.165, 1.54) is 12.5 Å². The summed E-state index contributed by atoms with van der Waals surface area (Å²) in [5, 5.41) is 11.7. The number of rotatable bonds is 2. The Labute approximate surface area is 124 Å².